The molecule has 32 heavy (non-hydrogen) atoms. The third-order valence-electron chi connectivity index (χ3n) is 5.70. The minimum Gasteiger partial charge on any atom is -0.497 e. The summed E-state index contributed by atoms with van der Waals surface area (Å²) < 4.78 is 6.84. The van der Waals surface area contributed by atoms with Gasteiger partial charge in [0.15, 0.2) is 0 Å². The van der Waals surface area contributed by atoms with Crippen molar-refractivity contribution in [2.45, 2.75) is 20.3 Å². The van der Waals surface area contributed by atoms with E-state index in [-0.39, 0.29) is 11.5 Å². The quantitative estimate of drug-likeness (QED) is 0.424. The fourth-order valence-electron chi connectivity index (χ4n) is 3.91. The van der Waals surface area contributed by atoms with Gasteiger partial charge in [0.25, 0.3) is 11.5 Å². The van der Waals surface area contributed by atoms with Crippen molar-refractivity contribution < 1.29 is 9.53 Å². The average Bonchev–Trinajstić information content (AvgIpc) is 2.85. The molecule has 0 fully saturated rings. The van der Waals surface area contributed by atoms with E-state index < -0.39 is 0 Å². The van der Waals surface area contributed by atoms with E-state index in [1.54, 1.807) is 30.3 Å². The van der Waals surface area contributed by atoms with Gasteiger partial charge in [-0.05, 0) is 49.2 Å². The van der Waals surface area contributed by atoms with Gasteiger partial charge in [-0.15, -0.1) is 0 Å². The first-order valence-electron chi connectivity index (χ1n) is 10.8. The Balaban J connectivity index is 1.89. The number of hydrogen-bond donors (Lipinski definition) is 0. The highest BCUT2D eigenvalue weighted by Gasteiger charge is 2.21. The number of carbonyl (C=O) groups excluding carboxylic acids is 1. The summed E-state index contributed by atoms with van der Waals surface area (Å²) >= 11 is 0. The summed E-state index contributed by atoms with van der Waals surface area (Å²) in [6.07, 6.45) is 2.58. The first-order chi connectivity index (χ1) is 15.6. The Bertz CT molecular complexity index is 1320. The van der Waals surface area contributed by atoms with E-state index in [4.69, 9.17) is 4.74 Å². The van der Waals surface area contributed by atoms with Crippen molar-refractivity contribution in [1.82, 2.24) is 4.57 Å². The van der Waals surface area contributed by atoms with E-state index in [0.29, 0.717) is 34.3 Å². The molecule has 0 saturated carbocycles. The topological polar surface area (TPSA) is 51.5 Å². The monoisotopic (exact) mass is 426 g/mol. The van der Waals surface area contributed by atoms with Gasteiger partial charge in [-0.25, -0.2) is 0 Å². The van der Waals surface area contributed by atoms with Gasteiger partial charge in [0, 0.05) is 35.3 Å². The van der Waals surface area contributed by atoms with Crippen LogP contribution in [0.25, 0.3) is 16.5 Å². The highest BCUT2D eigenvalue weighted by Crippen LogP contribution is 2.24. The van der Waals surface area contributed by atoms with E-state index in [0.717, 1.165) is 12.1 Å². The van der Waals surface area contributed by atoms with Crippen LogP contribution in [0.2, 0.25) is 0 Å². The molecule has 0 radical (unpaired) electrons. The molecule has 1 amide bonds. The third-order valence-corrected chi connectivity index (χ3v) is 5.70. The number of hydrogen-bond acceptors (Lipinski definition) is 3. The van der Waals surface area contributed by atoms with Crippen molar-refractivity contribution in [2.24, 2.45) is 0 Å². The van der Waals surface area contributed by atoms with Crippen LogP contribution in [0.1, 0.15) is 29.8 Å². The van der Waals surface area contributed by atoms with Crippen LogP contribution in [0.5, 0.6) is 5.75 Å². The van der Waals surface area contributed by atoms with Crippen LogP contribution in [0.15, 0.2) is 83.8 Å². The van der Waals surface area contributed by atoms with Crippen molar-refractivity contribution in [1.29, 1.82) is 0 Å². The lowest BCUT2D eigenvalue weighted by atomic mass is 10.1. The molecule has 3 aromatic carbocycles. The number of anilines is 1. The number of ether oxygens (including phenoxy) is 1. The van der Waals surface area contributed by atoms with E-state index in [2.05, 4.69) is 6.92 Å². The van der Waals surface area contributed by atoms with E-state index in [1.807, 2.05) is 67.6 Å². The molecule has 0 unspecified atom stereocenters. The molecule has 0 saturated heterocycles. The van der Waals surface area contributed by atoms with Crippen LogP contribution < -0.4 is 15.2 Å². The fourth-order valence-corrected chi connectivity index (χ4v) is 3.91. The van der Waals surface area contributed by atoms with Crippen molar-refractivity contribution >= 4 is 22.4 Å². The standard InChI is InChI=1S/C27H26N2O3/c1-4-19-13-15-20(16-14-19)28(5-2)27(31)25-18-29(21-9-8-10-22(17-21)32-3)26(30)24-12-7-6-11-23(24)25/h6-18H,4-5H2,1-3H3. The summed E-state index contributed by atoms with van der Waals surface area (Å²) in [5.74, 6) is 0.492. The molecule has 4 aromatic rings. The molecule has 1 aromatic heterocycles. The second kappa shape index (κ2) is 9.10. The zero-order chi connectivity index (χ0) is 22.7. The minimum absolute atomic E-state index is 0.149. The lowest BCUT2D eigenvalue weighted by Crippen LogP contribution is -2.32. The molecule has 5 nitrogen and oxygen atoms in total. The second-order valence-electron chi connectivity index (χ2n) is 7.53. The molecule has 0 bridgehead atoms. The van der Waals surface area contributed by atoms with Crippen LogP contribution in [0, 0.1) is 0 Å². The number of amides is 1. The number of rotatable bonds is 6. The lowest BCUT2D eigenvalue weighted by Gasteiger charge is -2.23. The van der Waals surface area contributed by atoms with Crippen LogP contribution in [0.3, 0.4) is 0 Å². The summed E-state index contributed by atoms with van der Waals surface area (Å²) in [4.78, 5) is 28.8. The summed E-state index contributed by atoms with van der Waals surface area (Å²) in [5, 5.41) is 1.14. The first-order valence-corrected chi connectivity index (χ1v) is 10.8. The highest BCUT2D eigenvalue weighted by molar-refractivity contribution is 6.13. The number of aromatic nitrogens is 1. The Labute approximate surface area is 187 Å². The maximum Gasteiger partial charge on any atom is 0.262 e. The van der Waals surface area contributed by atoms with Crippen LogP contribution in [-0.4, -0.2) is 24.1 Å². The molecule has 0 spiro atoms. The smallest absolute Gasteiger partial charge is 0.262 e. The third kappa shape index (κ3) is 3.89. The lowest BCUT2D eigenvalue weighted by molar-refractivity contribution is 0.0989. The predicted octanol–water partition coefficient (Wildman–Crippen LogP) is 5.23. The number of methoxy groups -OCH3 is 1. The summed E-state index contributed by atoms with van der Waals surface area (Å²) in [6, 6.07) is 22.5. The summed E-state index contributed by atoms with van der Waals surface area (Å²) in [5.41, 5.74) is 2.99. The molecule has 162 valence electrons. The Hall–Kier alpha value is -3.86. The molecule has 0 aliphatic rings. The van der Waals surface area contributed by atoms with Crippen molar-refractivity contribution in [2.75, 3.05) is 18.6 Å². The van der Waals surface area contributed by atoms with E-state index >= 15 is 0 Å². The minimum atomic E-state index is -0.180. The summed E-state index contributed by atoms with van der Waals surface area (Å²) in [6.45, 7) is 4.56. The Morgan fingerprint density at radius 1 is 0.938 bits per heavy atom. The van der Waals surface area contributed by atoms with Gasteiger partial charge in [0.05, 0.1) is 18.4 Å². The first kappa shape index (κ1) is 21.4. The molecular formula is C27H26N2O3. The van der Waals surface area contributed by atoms with Crippen LogP contribution in [-0.2, 0) is 6.42 Å². The molecular weight excluding hydrogens is 400 g/mol. The predicted molar refractivity (Wildman–Crippen MR) is 129 cm³/mol. The number of pyridine rings is 1. The molecule has 0 N–H and O–H groups in total. The Kier molecular flexibility index (Phi) is 6.08. The van der Waals surface area contributed by atoms with E-state index in [9.17, 15) is 9.59 Å². The van der Waals surface area contributed by atoms with Crippen molar-refractivity contribution in [3.8, 4) is 11.4 Å². The Morgan fingerprint density at radius 3 is 2.31 bits per heavy atom. The van der Waals surface area contributed by atoms with Gasteiger partial charge in [-0.3, -0.25) is 14.2 Å². The molecule has 5 heteroatoms. The maximum absolute atomic E-state index is 13.7. The second-order valence-corrected chi connectivity index (χ2v) is 7.53. The van der Waals surface area contributed by atoms with Gasteiger partial charge in [0.2, 0.25) is 0 Å². The summed E-state index contributed by atoms with van der Waals surface area (Å²) in [7, 11) is 1.58. The molecule has 4 rings (SSSR count). The largest absolute Gasteiger partial charge is 0.497 e. The number of nitrogens with zero attached hydrogens (tertiary/aromatic N) is 2. The van der Waals surface area contributed by atoms with Gasteiger partial charge in [0.1, 0.15) is 5.75 Å². The number of carbonyl (C=O) groups is 1. The number of fused-ring (bicyclic) bond motifs is 1. The zero-order valence-corrected chi connectivity index (χ0v) is 18.5. The van der Waals surface area contributed by atoms with Crippen LogP contribution in [0.4, 0.5) is 5.69 Å². The maximum atomic E-state index is 13.7. The van der Waals surface area contributed by atoms with E-state index in [1.165, 1.54) is 10.1 Å². The average molecular weight is 427 g/mol. The molecule has 0 aliphatic heterocycles. The number of benzene rings is 3. The highest BCUT2D eigenvalue weighted by atomic mass is 16.5. The van der Waals surface area contributed by atoms with Crippen molar-refractivity contribution in [3.05, 3.63) is 100 Å². The molecule has 0 atom stereocenters. The molecule has 1 heterocycles. The normalized spacial score (nSPS) is 10.8. The van der Waals surface area contributed by atoms with Gasteiger partial charge in [-0.2, -0.15) is 0 Å². The fraction of sp³-hybridized carbons (Fsp3) is 0.185. The van der Waals surface area contributed by atoms with Gasteiger partial charge < -0.3 is 9.64 Å². The molecule has 0 aliphatic carbocycles. The van der Waals surface area contributed by atoms with Crippen molar-refractivity contribution in [3.63, 3.8) is 0 Å². The van der Waals surface area contributed by atoms with Gasteiger partial charge in [-0.1, -0.05) is 43.3 Å². The Morgan fingerprint density at radius 2 is 1.66 bits per heavy atom. The SMILES string of the molecule is CCc1ccc(N(CC)C(=O)c2cn(-c3cccc(OC)c3)c(=O)c3ccccc23)cc1. The number of aryl methyl sites for hydroxylation is 1. The van der Waals surface area contributed by atoms with Gasteiger partial charge >= 0.3 is 0 Å². The van der Waals surface area contributed by atoms with Crippen LogP contribution >= 0.6 is 0 Å². The zero-order valence-electron chi connectivity index (χ0n) is 18.5.